The van der Waals surface area contributed by atoms with E-state index in [1.54, 1.807) is 0 Å². The molecule has 1 nitrogen and oxygen atoms in total. The van der Waals surface area contributed by atoms with E-state index in [0.717, 1.165) is 6.54 Å². The lowest BCUT2D eigenvalue weighted by Crippen LogP contribution is -2.33. The first-order chi connectivity index (χ1) is 7.29. The molecule has 0 bridgehead atoms. The van der Waals surface area contributed by atoms with Crippen LogP contribution in [0.5, 0.6) is 0 Å². The summed E-state index contributed by atoms with van der Waals surface area (Å²) in [4.78, 5) is 1.45. The van der Waals surface area contributed by atoms with Crippen molar-refractivity contribution in [1.82, 2.24) is 5.32 Å². The fraction of sp³-hybridized carbons (Fsp3) is 0.500. The van der Waals surface area contributed by atoms with Crippen LogP contribution in [0.25, 0.3) is 0 Å². The molecule has 1 aliphatic heterocycles. The Morgan fingerprint density at radius 2 is 2.33 bits per heavy atom. The maximum atomic E-state index is 5.76. The van der Waals surface area contributed by atoms with Crippen LogP contribution in [-0.2, 0) is 6.42 Å². The van der Waals surface area contributed by atoms with Crippen molar-refractivity contribution in [3.63, 3.8) is 0 Å². The van der Waals surface area contributed by atoms with Gasteiger partial charge in [-0.2, -0.15) is 0 Å². The molecule has 0 spiro atoms. The van der Waals surface area contributed by atoms with Gasteiger partial charge < -0.3 is 5.32 Å². The zero-order chi connectivity index (χ0) is 10.7. The molecule has 0 fully saturated rings. The first kappa shape index (κ1) is 11.3. The largest absolute Gasteiger partial charge is 0.312 e. The lowest BCUT2D eigenvalue weighted by molar-refractivity contribution is 0.584. The molecule has 82 valence electrons. The average Bonchev–Trinajstić information content (AvgIpc) is 2.68. The lowest BCUT2D eigenvalue weighted by atomic mass is 10.1. The molecular formula is C12H16ClNS. The van der Waals surface area contributed by atoms with Crippen LogP contribution in [0.3, 0.4) is 0 Å². The SMILES string of the molecule is CC(CCl)NCC1Cc2ccccc2S1. The second-order valence-electron chi connectivity index (χ2n) is 4.02. The van der Waals surface area contributed by atoms with Crippen LogP contribution < -0.4 is 5.32 Å². The van der Waals surface area contributed by atoms with Gasteiger partial charge in [-0.1, -0.05) is 18.2 Å². The summed E-state index contributed by atoms with van der Waals surface area (Å²) in [6, 6.07) is 9.09. The number of rotatable bonds is 4. The van der Waals surface area contributed by atoms with Gasteiger partial charge in [-0.3, -0.25) is 0 Å². The maximum absolute atomic E-state index is 5.76. The first-order valence-electron chi connectivity index (χ1n) is 5.33. The molecule has 0 saturated carbocycles. The summed E-state index contributed by atoms with van der Waals surface area (Å²) in [6.07, 6.45) is 1.18. The smallest absolute Gasteiger partial charge is 0.0374 e. The number of hydrogen-bond donors (Lipinski definition) is 1. The van der Waals surface area contributed by atoms with E-state index in [4.69, 9.17) is 11.6 Å². The average molecular weight is 242 g/mol. The topological polar surface area (TPSA) is 12.0 Å². The number of nitrogens with one attached hydrogen (secondary N) is 1. The van der Waals surface area contributed by atoms with Crippen LogP contribution in [0.1, 0.15) is 12.5 Å². The van der Waals surface area contributed by atoms with E-state index in [-0.39, 0.29) is 0 Å². The van der Waals surface area contributed by atoms with E-state index < -0.39 is 0 Å². The first-order valence-corrected chi connectivity index (χ1v) is 6.75. The Morgan fingerprint density at radius 1 is 1.53 bits per heavy atom. The highest BCUT2D eigenvalue weighted by Gasteiger charge is 2.21. The fourth-order valence-electron chi connectivity index (χ4n) is 1.75. The normalized spacial score (nSPS) is 21.3. The molecule has 3 heteroatoms. The second-order valence-corrected chi connectivity index (χ2v) is 5.67. The third-order valence-corrected chi connectivity index (χ3v) is 4.42. The molecular weight excluding hydrogens is 226 g/mol. The van der Waals surface area contributed by atoms with Gasteiger partial charge in [-0.25, -0.2) is 0 Å². The quantitative estimate of drug-likeness (QED) is 0.814. The van der Waals surface area contributed by atoms with E-state index >= 15 is 0 Å². The van der Waals surface area contributed by atoms with E-state index in [2.05, 4.69) is 36.5 Å². The molecule has 2 rings (SSSR count). The van der Waals surface area contributed by atoms with Gasteiger partial charge in [0.05, 0.1) is 0 Å². The minimum absolute atomic E-state index is 0.413. The van der Waals surface area contributed by atoms with Gasteiger partial charge in [0.2, 0.25) is 0 Å². The Morgan fingerprint density at radius 3 is 3.07 bits per heavy atom. The fourth-order valence-corrected chi connectivity index (χ4v) is 3.13. The summed E-state index contributed by atoms with van der Waals surface area (Å²) in [6.45, 7) is 3.17. The van der Waals surface area contributed by atoms with Crippen LogP contribution >= 0.6 is 23.4 Å². The highest BCUT2D eigenvalue weighted by Crippen LogP contribution is 2.36. The monoisotopic (exact) mass is 241 g/mol. The zero-order valence-corrected chi connectivity index (χ0v) is 10.4. The van der Waals surface area contributed by atoms with Crippen molar-refractivity contribution >= 4 is 23.4 Å². The van der Waals surface area contributed by atoms with Crippen molar-refractivity contribution < 1.29 is 0 Å². The zero-order valence-electron chi connectivity index (χ0n) is 8.87. The highest BCUT2D eigenvalue weighted by atomic mass is 35.5. The summed E-state index contributed by atoms with van der Waals surface area (Å²) >= 11 is 7.74. The molecule has 1 heterocycles. The molecule has 15 heavy (non-hydrogen) atoms. The minimum atomic E-state index is 0.413. The predicted molar refractivity (Wildman–Crippen MR) is 68.0 cm³/mol. The summed E-state index contributed by atoms with van der Waals surface area (Å²) in [7, 11) is 0. The van der Waals surface area contributed by atoms with E-state index in [0.29, 0.717) is 17.2 Å². The Kier molecular flexibility index (Phi) is 3.95. The van der Waals surface area contributed by atoms with Crippen LogP contribution in [0, 0.1) is 0 Å². The molecule has 1 N–H and O–H groups in total. The van der Waals surface area contributed by atoms with Gasteiger partial charge in [0.25, 0.3) is 0 Å². The summed E-state index contributed by atoms with van der Waals surface area (Å²) in [5, 5.41) is 4.13. The van der Waals surface area contributed by atoms with Crippen LogP contribution in [0.4, 0.5) is 0 Å². The second kappa shape index (κ2) is 5.24. The Labute approximate surface area is 101 Å². The third kappa shape index (κ3) is 2.90. The van der Waals surface area contributed by atoms with E-state index in [9.17, 15) is 0 Å². The van der Waals surface area contributed by atoms with E-state index in [1.165, 1.54) is 16.9 Å². The van der Waals surface area contributed by atoms with Crippen LogP contribution in [0.15, 0.2) is 29.2 Å². The van der Waals surface area contributed by atoms with Gasteiger partial charge in [-0.15, -0.1) is 23.4 Å². The molecule has 0 aromatic heterocycles. The van der Waals surface area contributed by atoms with E-state index in [1.807, 2.05) is 11.8 Å². The number of hydrogen-bond acceptors (Lipinski definition) is 2. The van der Waals surface area contributed by atoms with Crippen LogP contribution in [-0.4, -0.2) is 23.7 Å². The van der Waals surface area contributed by atoms with Crippen molar-refractivity contribution in [2.24, 2.45) is 0 Å². The molecule has 2 unspecified atom stereocenters. The molecule has 1 aliphatic rings. The maximum Gasteiger partial charge on any atom is 0.0374 e. The standard InChI is InChI=1S/C12H16ClNS/c1-9(7-13)14-8-11-6-10-4-2-3-5-12(10)15-11/h2-5,9,11,14H,6-8H2,1H3. The molecule has 0 saturated heterocycles. The van der Waals surface area contributed by atoms with Gasteiger partial charge in [0.15, 0.2) is 0 Å². The van der Waals surface area contributed by atoms with Gasteiger partial charge >= 0.3 is 0 Å². The van der Waals surface area contributed by atoms with Crippen molar-refractivity contribution in [1.29, 1.82) is 0 Å². The number of halogens is 1. The Hall–Kier alpha value is -0.180. The summed E-state index contributed by atoms with van der Waals surface area (Å²) in [5.41, 5.74) is 1.49. The minimum Gasteiger partial charge on any atom is -0.312 e. The van der Waals surface area contributed by atoms with Crippen molar-refractivity contribution in [3.05, 3.63) is 29.8 Å². The molecule has 0 aliphatic carbocycles. The molecule has 1 aromatic rings. The number of benzene rings is 1. The van der Waals surface area contributed by atoms with Gasteiger partial charge in [-0.05, 0) is 25.0 Å². The summed E-state index contributed by atoms with van der Waals surface area (Å²) in [5.74, 6) is 0.685. The summed E-state index contributed by atoms with van der Waals surface area (Å²) < 4.78 is 0. The highest BCUT2D eigenvalue weighted by molar-refractivity contribution is 8.00. The third-order valence-electron chi connectivity index (χ3n) is 2.64. The van der Waals surface area contributed by atoms with Crippen molar-refractivity contribution in [2.45, 2.75) is 29.5 Å². The number of alkyl halides is 1. The van der Waals surface area contributed by atoms with Gasteiger partial charge in [0.1, 0.15) is 0 Å². The van der Waals surface area contributed by atoms with Crippen molar-refractivity contribution in [2.75, 3.05) is 12.4 Å². The number of thioether (sulfide) groups is 1. The number of fused-ring (bicyclic) bond motifs is 1. The molecule has 1 aromatic carbocycles. The molecule has 2 atom stereocenters. The molecule has 0 radical (unpaired) electrons. The predicted octanol–water partition coefficient (Wildman–Crippen LogP) is 2.92. The Balaban J connectivity index is 1.85. The molecule has 0 amide bonds. The Bertz CT molecular complexity index is 304. The lowest BCUT2D eigenvalue weighted by Gasteiger charge is -2.14. The van der Waals surface area contributed by atoms with Crippen LogP contribution in [0.2, 0.25) is 0 Å². The van der Waals surface area contributed by atoms with Gasteiger partial charge in [0, 0.05) is 28.6 Å². The van der Waals surface area contributed by atoms with Crippen molar-refractivity contribution in [3.8, 4) is 0 Å².